The molecule has 0 bridgehead atoms. The molecule has 2 aromatic carbocycles. The lowest BCUT2D eigenvalue weighted by molar-refractivity contribution is 0.371. The first kappa shape index (κ1) is 14.3. The molecule has 0 heterocycles. The van der Waals surface area contributed by atoms with Crippen LogP contribution in [0, 0.1) is 0 Å². The molecule has 0 aromatic heterocycles. The standard InChI is InChI=1S/C15H16ClNO3/c1-19-13-7-6-11(8-12(13)16)17-9-10-4-3-5-14(20-2)15(10)18/h3-8,17-18H,9H2,1-2H3. The van der Waals surface area contributed by atoms with Gasteiger partial charge in [0.2, 0.25) is 0 Å². The third-order valence-corrected chi connectivity index (χ3v) is 3.23. The first-order chi connectivity index (χ1) is 9.65. The minimum absolute atomic E-state index is 0.141. The van der Waals surface area contributed by atoms with E-state index in [2.05, 4.69) is 5.32 Å². The maximum absolute atomic E-state index is 9.99. The SMILES string of the molecule is COc1ccc(NCc2cccc(OC)c2O)cc1Cl. The van der Waals surface area contributed by atoms with E-state index < -0.39 is 0 Å². The number of phenols is 1. The average Bonchev–Trinajstić information content (AvgIpc) is 2.46. The molecule has 0 saturated carbocycles. The largest absolute Gasteiger partial charge is 0.504 e. The molecule has 20 heavy (non-hydrogen) atoms. The number of aromatic hydroxyl groups is 1. The van der Waals surface area contributed by atoms with Crippen LogP contribution in [-0.2, 0) is 6.54 Å². The molecule has 2 aromatic rings. The van der Waals surface area contributed by atoms with Gasteiger partial charge in [-0.2, -0.15) is 0 Å². The van der Waals surface area contributed by atoms with Crippen LogP contribution in [0.15, 0.2) is 36.4 Å². The maximum Gasteiger partial charge on any atom is 0.162 e. The molecule has 0 aliphatic heterocycles. The van der Waals surface area contributed by atoms with Crippen LogP contribution in [0.4, 0.5) is 5.69 Å². The van der Waals surface area contributed by atoms with Gasteiger partial charge in [-0.15, -0.1) is 0 Å². The normalized spacial score (nSPS) is 10.2. The molecule has 0 saturated heterocycles. The van der Waals surface area contributed by atoms with Crippen molar-refractivity contribution < 1.29 is 14.6 Å². The number of hydrogen-bond donors (Lipinski definition) is 2. The van der Waals surface area contributed by atoms with Crippen LogP contribution in [0.3, 0.4) is 0 Å². The molecule has 0 atom stereocenters. The molecule has 5 heteroatoms. The van der Waals surface area contributed by atoms with Gasteiger partial charge in [-0.05, 0) is 24.3 Å². The Labute approximate surface area is 122 Å². The van der Waals surface area contributed by atoms with Crippen LogP contribution in [0.5, 0.6) is 17.2 Å². The Bertz CT molecular complexity index is 602. The van der Waals surface area contributed by atoms with Gasteiger partial charge in [-0.25, -0.2) is 0 Å². The highest BCUT2D eigenvalue weighted by molar-refractivity contribution is 6.32. The molecular formula is C15H16ClNO3. The number of rotatable bonds is 5. The van der Waals surface area contributed by atoms with E-state index in [1.165, 1.54) is 7.11 Å². The summed E-state index contributed by atoms with van der Waals surface area (Å²) in [4.78, 5) is 0. The predicted octanol–water partition coefficient (Wildman–Crippen LogP) is 3.67. The van der Waals surface area contributed by atoms with Gasteiger partial charge >= 0.3 is 0 Å². The van der Waals surface area contributed by atoms with Crippen molar-refractivity contribution in [2.75, 3.05) is 19.5 Å². The number of methoxy groups -OCH3 is 2. The van der Waals surface area contributed by atoms with Gasteiger partial charge < -0.3 is 19.9 Å². The second-order valence-corrected chi connectivity index (χ2v) is 4.58. The van der Waals surface area contributed by atoms with E-state index >= 15 is 0 Å². The molecule has 4 nitrogen and oxygen atoms in total. The lowest BCUT2D eigenvalue weighted by Crippen LogP contribution is -2.00. The van der Waals surface area contributed by atoms with Gasteiger partial charge in [0.05, 0.1) is 19.2 Å². The van der Waals surface area contributed by atoms with Gasteiger partial charge in [0.25, 0.3) is 0 Å². The molecular weight excluding hydrogens is 278 g/mol. The highest BCUT2D eigenvalue weighted by Crippen LogP contribution is 2.31. The summed E-state index contributed by atoms with van der Waals surface area (Å²) in [6.07, 6.45) is 0. The topological polar surface area (TPSA) is 50.7 Å². The van der Waals surface area contributed by atoms with Crippen LogP contribution in [0.25, 0.3) is 0 Å². The molecule has 0 aliphatic carbocycles. The van der Waals surface area contributed by atoms with Crippen LogP contribution in [0.2, 0.25) is 5.02 Å². The van der Waals surface area contributed by atoms with Crippen molar-refractivity contribution in [3.8, 4) is 17.2 Å². The van der Waals surface area contributed by atoms with E-state index in [-0.39, 0.29) is 5.75 Å². The van der Waals surface area contributed by atoms with Gasteiger partial charge in [-0.1, -0.05) is 23.7 Å². The summed E-state index contributed by atoms with van der Waals surface area (Å²) >= 11 is 6.06. The number of ether oxygens (including phenoxy) is 2. The Morgan fingerprint density at radius 2 is 1.85 bits per heavy atom. The lowest BCUT2D eigenvalue weighted by atomic mass is 10.2. The summed E-state index contributed by atoms with van der Waals surface area (Å²) in [5.74, 6) is 1.22. The minimum Gasteiger partial charge on any atom is -0.504 e. The zero-order valence-electron chi connectivity index (χ0n) is 11.3. The van der Waals surface area contributed by atoms with Crippen molar-refractivity contribution in [1.29, 1.82) is 0 Å². The smallest absolute Gasteiger partial charge is 0.162 e. The highest BCUT2D eigenvalue weighted by atomic mass is 35.5. The number of anilines is 1. The summed E-state index contributed by atoms with van der Waals surface area (Å²) in [5, 5.41) is 13.7. The maximum atomic E-state index is 9.99. The predicted molar refractivity (Wildman–Crippen MR) is 80.0 cm³/mol. The molecule has 0 fully saturated rings. The first-order valence-electron chi connectivity index (χ1n) is 6.08. The number of hydrogen-bond acceptors (Lipinski definition) is 4. The monoisotopic (exact) mass is 293 g/mol. The van der Waals surface area contributed by atoms with E-state index in [1.807, 2.05) is 18.2 Å². The average molecular weight is 294 g/mol. The first-order valence-corrected chi connectivity index (χ1v) is 6.45. The fourth-order valence-corrected chi connectivity index (χ4v) is 2.11. The summed E-state index contributed by atoms with van der Waals surface area (Å²) < 4.78 is 10.2. The van der Waals surface area contributed by atoms with Crippen LogP contribution < -0.4 is 14.8 Å². The van der Waals surface area contributed by atoms with Crippen molar-refractivity contribution in [2.45, 2.75) is 6.54 Å². The Morgan fingerprint density at radius 1 is 1.10 bits per heavy atom. The Morgan fingerprint density at radius 3 is 2.50 bits per heavy atom. The summed E-state index contributed by atoms with van der Waals surface area (Å²) in [5.41, 5.74) is 1.59. The number of benzene rings is 2. The molecule has 2 N–H and O–H groups in total. The van der Waals surface area contributed by atoms with E-state index in [0.29, 0.717) is 23.1 Å². The van der Waals surface area contributed by atoms with E-state index in [4.69, 9.17) is 21.1 Å². The van der Waals surface area contributed by atoms with Crippen molar-refractivity contribution >= 4 is 17.3 Å². The fourth-order valence-electron chi connectivity index (χ4n) is 1.85. The minimum atomic E-state index is 0.141. The fraction of sp³-hybridized carbons (Fsp3) is 0.200. The Kier molecular flexibility index (Phi) is 4.58. The number of phenolic OH excluding ortho intramolecular Hbond substituents is 1. The molecule has 2 rings (SSSR count). The molecule has 0 aliphatic rings. The second-order valence-electron chi connectivity index (χ2n) is 4.17. The van der Waals surface area contributed by atoms with Crippen molar-refractivity contribution in [3.63, 3.8) is 0 Å². The van der Waals surface area contributed by atoms with Gasteiger partial charge in [0.1, 0.15) is 5.75 Å². The Balaban J connectivity index is 2.11. The van der Waals surface area contributed by atoms with E-state index in [1.54, 1.807) is 25.3 Å². The molecule has 0 radical (unpaired) electrons. The third-order valence-electron chi connectivity index (χ3n) is 2.94. The molecule has 0 spiro atoms. The summed E-state index contributed by atoms with van der Waals surface area (Å²) in [6.45, 7) is 0.464. The summed E-state index contributed by atoms with van der Waals surface area (Å²) in [6, 6.07) is 10.8. The summed E-state index contributed by atoms with van der Waals surface area (Å²) in [7, 11) is 3.10. The Hall–Kier alpha value is -2.07. The zero-order chi connectivity index (χ0) is 14.5. The molecule has 0 unspecified atom stereocenters. The quantitative estimate of drug-likeness (QED) is 0.883. The van der Waals surface area contributed by atoms with Gasteiger partial charge in [0, 0.05) is 17.8 Å². The van der Waals surface area contributed by atoms with Crippen LogP contribution in [0.1, 0.15) is 5.56 Å². The molecule has 106 valence electrons. The van der Waals surface area contributed by atoms with Crippen molar-refractivity contribution in [2.24, 2.45) is 0 Å². The second kappa shape index (κ2) is 6.39. The molecule has 0 amide bonds. The van der Waals surface area contributed by atoms with E-state index in [9.17, 15) is 5.11 Å². The third kappa shape index (κ3) is 3.08. The van der Waals surface area contributed by atoms with E-state index in [0.717, 1.165) is 11.3 Å². The zero-order valence-corrected chi connectivity index (χ0v) is 12.1. The van der Waals surface area contributed by atoms with Crippen LogP contribution in [-0.4, -0.2) is 19.3 Å². The number of para-hydroxylation sites is 1. The van der Waals surface area contributed by atoms with Crippen molar-refractivity contribution in [3.05, 3.63) is 47.0 Å². The number of nitrogens with one attached hydrogen (secondary N) is 1. The van der Waals surface area contributed by atoms with Crippen LogP contribution >= 0.6 is 11.6 Å². The lowest BCUT2D eigenvalue weighted by Gasteiger charge is -2.11. The number of halogens is 1. The van der Waals surface area contributed by atoms with Gasteiger partial charge in [0.15, 0.2) is 11.5 Å². The van der Waals surface area contributed by atoms with Gasteiger partial charge in [-0.3, -0.25) is 0 Å². The van der Waals surface area contributed by atoms with Crippen molar-refractivity contribution in [1.82, 2.24) is 0 Å². The highest BCUT2D eigenvalue weighted by Gasteiger charge is 2.07.